The topological polar surface area (TPSA) is 75.3 Å². The molecular weight excluding hydrogens is 180 g/mol. The number of benzene rings is 1. The van der Waals surface area contributed by atoms with Crippen molar-refractivity contribution in [1.29, 1.82) is 0 Å². The Balaban J connectivity index is 3.08. The van der Waals surface area contributed by atoms with E-state index in [0.717, 1.165) is 16.8 Å². The van der Waals surface area contributed by atoms with Crippen molar-refractivity contribution in [3.8, 4) is 0 Å². The molecule has 0 spiro atoms. The van der Waals surface area contributed by atoms with E-state index in [1.54, 1.807) is 13.1 Å². The molecule has 4 N–H and O–H groups in total. The zero-order valence-corrected chi connectivity index (χ0v) is 8.08. The summed E-state index contributed by atoms with van der Waals surface area (Å²) >= 11 is 0. The second kappa shape index (κ2) is 4.62. The first-order chi connectivity index (χ1) is 6.69. The van der Waals surface area contributed by atoms with Crippen molar-refractivity contribution in [2.45, 2.75) is 13.0 Å². The maximum atomic E-state index is 10.8. The van der Waals surface area contributed by atoms with E-state index in [1.165, 1.54) is 0 Å². The molecule has 0 heterocycles. The Morgan fingerprint density at radius 1 is 1.57 bits per heavy atom. The van der Waals surface area contributed by atoms with Gasteiger partial charge in [-0.15, -0.1) is 0 Å². The van der Waals surface area contributed by atoms with Gasteiger partial charge in [0.15, 0.2) is 0 Å². The van der Waals surface area contributed by atoms with E-state index in [4.69, 9.17) is 10.8 Å². The van der Waals surface area contributed by atoms with Gasteiger partial charge >= 0.3 is 0 Å². The maximum absolute atomic E-state index is 10.8. The average Bonchev–Trinajstić information content (AvgIpc) is 2.16. The van der Waals surface area contributed by atoms with Gasteiger partial charge < -0.3 is 16.2 Å². The third-order valence-corrected chi connectivity index (χ3v) is 2.07. The number of carbonyl (C=O) groups excluding carboxylic acids is 1. The van der Waals surface area contributed by atoms with Crippen LogP contribution in [0.4, 0.5) is 5.69 Å². The summed E-state index contributed by atoms with van der Waals surface area (Å²) in [5.74, 6) is -0.395. The summed E-state index contributed by atoms with van der Waals surface area (Å²) in [4.78, 5) is 10.8. The lowest BCUT2D eigenvalue weighted by molar-refractivity contribution is -0.117. The molecule has 0 saturated heterocycles. The Labute approximate surface area is 82.7 Å². The Kier molecular flexibility index (Phi) is 3.48. The van der Waals surface area contributed by atoms with E-state index in [9.17, 15) is 4.79 Å². The van der Waals surface area contributed by atoms with Gasteiger partial charge in [0, 0.05) is 18.3 Å². The molecule has 0 saturated carbocycles. The van der Waals surface area contributed by atoms with Crippen molar-refractivity contribution in [3.05, 3.63) is 29.3 Å². The number of anilines is 1. The molecule has 0 aromatic heterocycles. The number of hydrogen-bond acceptors (Lipinski definition) is 3. The Morgan fingerprint density at radius 3 is 2.79 bits per heavy atom. The molecule has 1 amide bonds. The fourth-order valence-corrected chi connectivity index (χ4v) is 1.41. The maximum Gasteiger partial charge on any atom is 0.221 e. The number of rotatable bonds is 4. The van der Waals surface area contributed by atoms with Gasteiger partial charge in [-0.25, -0.2) is 0 Å². The summed E-state index contributed by atoms with van der Waals surface area (Å²) in [5.41, 5.74) is 7.42. The molecule has 4 nitrogen and oxygen atoms in total. The van der Waals surface area contributed by atoms with Crippen LogP contribution in [0.2, 0.25) is 0 Å². The molecule has 1 aromatic carbocycles. The third kappa shape index (κ3) is 2.23. The van der Waals surface area contributed by atoms with E-state index in [-0.39, 0.29) is 13.0 Å². The van der Waals surface area contributed by atoms with E-state index >= 15 is 0 Å². The second-order valence-corrected chi connectivity index (χ2v) is 2.99. The molecule has 0 atom stereocenters. The normalized spacial score (nSPS) is 9.86. The fraction of sp³-hybridized carbons (Fsp3) is 0.300. The number of aliphatic hydroxyl groups is 1. The summed E-state index contributed by atoms with van der Waals surface area (Å²) in [6.07, 6.45) is 0.158. The molecule has 0 bridgehead atoms. The Morgan fingerprint density at radius 2 is 2.29 bits per heavy atom. The van der Waals surface area contributed by atoms with Crippen LogP contribution in [0.1, 0.15) is 11.1 Å². The molecule has 4 heteroatoms. The van der Waals surface area contributed by atoms with Gasteiger partial charge in [-0.2, -0.15) is 0 Å². The molecule has 0 aliphatic rings. The van der Waals surface area contributed by atoms with E-state index in [2.05, 4.69) is 5.32 Å². The van der Waals surface area contributed by atoms with Crippen LogP contribution < -0.4 is 11.1 Å². The Bertz CT molecular complexity index is 337. The first-order valence-corrected chi connectivity index (χ1v) is 4.36. The van der Waals surface area contributed by atoms with Gasteiger partial charge in [0.2, 0.25) is 5.91 Å². The van der Waals surface area contributed by atoms with Crippen molar-refractivity contribution in [2.75, 3.05) is 12.4 Å². The predicted octanol–water partition coefficient (Wildman–Crippen LogP) is 0.248. The summed E-state index contributed by atoms with van der Waals surface area (Å²) in [5, 5.41) is 12.1. The number of hydrogen-bond donors (Lipinski definition) is 3. The first-order valence-electron chi connectivity index (χ1n) is 4.36. The summed E-state index contributed by atoms with van der Waals surface area (Å²) in [7, 11) is 1.77. The monoisotopic (exact) mass is 194 g/mol. The smallest absolute Gasteiger partial charge is 0.221 e. The molecule has 0 unspecified atom stereocenters. The van der Waals surface area contributed by atoms with Crippen LogP contribution >= 0.6 is 0 Å². The minimum Gasteiger partial charge on any atom is -0.392 e. The number of primary amides is 1. The molecule has 0 fully saturated rings. The summed E-state index contributed by atoms with van der Waals surface area (Å²) in [6.45, 7) is -0.0976. The second-order valence-electron chi connectivity index (χ2n) is 2.99. The third-order valence-electron chi connectivity index (χ3n) is 2.07. The standard InChI is InChI=1S/C10H14N2O2/c1-12-9-4-2-3-7(5-10(11)14)8(9)6-13/h2-4,12-13H,5-6H2,1H3,(H2,11,14). The van der Waals surface area contributed by atoms with Crippen LogP contribution in [0.5, 0.6) is 0 Å². The zero-order valence-electron chi connectivity index (χ0n) is 8.08. The number of carbonyl (C=O) groups is 1. The predicted molar refractivity (Wildman–Crippen MR) is 54.8 cm³/mol. The highest BCUT2D eigenvalue weighted by molar-refractivity contribution is 5.77. The SMILES string of the molecule is CNc1cccc(CC(N)=O)c1CO. The largest absolute Gasteiger partial charge is 0.392 e. The van der Waals surface area contributed by atoms with Gasteiger partial charge in [-0.05, 0) is 11.6 Å². The molecule has 0 aliphatic heterocycles. The van der Waals surface area contributed by atoms with E-state index in [0.29, 0.717) is 0 Å². The summed E-state index contributed by atoms with van der Waals surface area (Å²) in [6, 6.07) is 5.45. The Hall–Kier alpha value is -1.55. The van der Waals surface area contributed by atoms with Crippen LogP contribution in [-0.4, -0.2) is 18.1 Å². The van der Waals surface area contributed by atoms with Crippen molar-refractivity contribution in [2.24, 2.45) is 5.73 Å². The first kappa shape index (κ1) is 10.5. The molecule has 0 radical (unpaired) electrons. The lowest BCUT2D eigenvalue weighted by Gasteiger charge is -2.11. The number of aliphatic hydroxyl groups excluding tert-OH is 1. The van der Waals surface area contributed by atoms with Crippen molar-refractivity contribution >= 4 is 11.6 Å². The minimum absolute atomic E-state index is 0.0976. The molecule has 1 rings (SSSR count). The molecule has 1 aromatic rings. The number of amides is 1. The molecular formula is C10H14N2O2. The minimum atomic E-state index is -0.395. The fourth-order valence-electron chi connectivity index (χ4n) is 1.41. The molecule has 0 aliphatic carbocycles. The zero-order chi connectivity index (χ0) is 10.6. The highest BCUT2D eigenvalue weighted by atomic mass is 16.3. The van der Waals surface area contributed by atoms with E-state index in [1.807, 2.05) is 12.1 Å². The van der Waals surface area contributed by atoms with Crippen LogP contribution in [-0.2, 0) is 17.8 Å². The van der Waals surface area contributed by atoms with Crippen molar-refractivity contribution in [1.82, 2.24) is 0 Å². The highest BCUT2D eigenvalue weighted by Crippen LogP contribution is 2.19. The van der Waals surface area contributed by atoms with Crippen molar-refractivity contribution < 1.29 is 9.90 Å². The van der Waals surface area contributed by atoms with Crippen LogP contribution in [0.25, 0.3) is 0 Å². The van der Waals surface area contributed by atoms with Crippen molar-refractivity contribution in [3.63, 3.8) is 0 Å². The average molecular weight is 194 g/mol. The van der Waals surface area contributed by atoms with Crippen LogP contribution in [0.15, 0.2) is 18.2 Å². The van der Waals surface area contributed by atoms with Gasteiger partial charge in [0.05, 0.1) is 13.0 Å². The van der Waals surface area contributed by atoms with Crippen LogP contribution in [0, 0.1) is 0 Å². The lowest BCUT2D eigenvalue weighted by atomic mass is 10.0. The highest BCUT2D eigenvalue weighted by Gasteiger charge is 2.08. The summed E-state index contributed by atoms with van der Waals surface area (Å²) < 4.78 is 0. The van der Waals surface area contributed by atoms with Gasteiger partial charge in [-0.1, -0.05) is 12.1 Å². The molecule has 14 heavy (non-hydrogen) atoms. The van der Waals surface area contributed by atoms with E-state index < -0.39 is 5.91 Å². The van der Waals surface area contributed by atoms with Gasteiger partial charge in [0.1, 0.15) is 0 Å². The number of nitrogens with one attached hydrogen (secondary N) is 1. The quantitative estimate of drug-likeness (QED) is 0.643. The lowest BCUT2D eigenvalue weighted by Crippen LogP contribution is -2.15. The van der Waals surface area contributed by atoms with Gasteiger partial charge in [0.25, 0.3) is 0 Å². The van der Waals surface area contributed by atoms with Gasteiger partial charge in [-0.3, -0.25) is 4.79 Å². The van der Waals surface area contributed by atoms with Crippen LogP contribution in [0.3, 0.4) is 0 Å². The molecule has 76 valence electrons. The number of nitrogens with two attached hydrogens (primary N) is 1.